The summed E-state index contributed by atoms with van der Waals surface area (Å²) in [5.41, 5.74) is -0.0725. The smallest absolute Gasteiger partial charge is 0.339 e. The third kappa shape index (κ3) is 2.68. The number of methoxy groups -OCH3 is 1. The molecule has 0 N–H and O–H groups in total. The lowest BCUT2D eigenvalue weighted by molar-refractivity contribution is 0.0597. The van der Waals surface area contributed by atoms with Crippen LogP contribution in [0.1, 0.15) is 28.0 Å². The van der Waals surface area contributed by atoms with E-state index >= 15 is 0 Å². The van der Waals surface area contributed by atoms with Crippen LogP contribution in [0.25, 0.3) is 0 Å². The van der Waals surface area contributed by atoms with Crippen LogP contribution in [0.15, 0.2) is 6.20 Å². The van der Waals surface area contributed by atoms with E-state index in [1.54, 1.807) is 0 Å². The van der Waals surface area contributed by atoms with Crippen molar-refractivity contribution in [1.82, 2.24) is 4.98 Å². The number of esters is 1. The first-order chi connectivity index (χ1) is 7.52. The number of pyridine rings is 1. The Bertz CT molecular complexity index is 415. The molecule has 0 radical (unpaired) electrons. The summed E-state index contributed by atoms with van der Waals surface area (Å²) in [6, 6.07) is 0. The van der Waals surface area contributed by atoms with Crippen LogP contribution in [0.3, 0.4) is 0 Å². The van der Waals surface area contributed by atoms with Gasteiger partial charge in [0.15, 0.2) is 0 Å². The Hall–Kier alpha value is -0.310. The highest BCUT2D eigenvalue weighted by atomic mass is 127. The first kappa shape index (κ1) is 13.8. The number of hydrogen-bond acceptors (Lipinski definition) is 3. The highest BCUT2D eigenvalue weighted by Gasteiger charge is 2.23. The summed E-state index contributed by atoms with van der Waals surface area (Å²) in [5, 5.41) is 0.126. The van der Waals surface area contributed by atoms with Gasteiger partial charge in [0.05, 0.1) is 12.7 Å². The van der Waals surface area contributed by atoms with Gasteiger partial charge in [-0.25, -0.2) is 13.6 Å². The lowest BCUT2D eigenvalue weighted by Gasteiger charge is -2.11. The van der Waals surface area contributed by atoms with Gasteiger partial charge in [-0.05, 0) is 22.6 Å². The predicted octanol–water partition coefficient (Wildman–Crippen LogP) is 3.31. The van der Waals surface area contributed by atoms with Crippen LogP contribution in [-0.2, 0) is 10.1 Å². The number of alkyl halides is 3. The topological polar surface area (TPSA) is 39.2 Å². The molecule has 0 atom stereocenters. The van der Waals surface area contributed by atoms with Crippen molar-refractivity contribution >= 4 is 44.5 Å². The van der Waals surface area contributed by atoms with E-state index in [0.29, 0.717) is 3.57 Å². The van der Waals surface area contributed by atoms with Crippen molar-refractivity contribution in [2.75, 3.05) is 7.11 Å². The van der Waals surface area contributed by atoms with Gasteiger partial charge in [-0.15, -0.1) is 0 Å². The zero-order valence-electron chi connectivity index (χ0n) is 8.14. The summed E-state index contributed by atoms with van der Waals surface area (Å²) in [5.74, 6) is -0.636. The number of nitrogens with zero attached hydrogens (tertiary/aromatic N) is 1. The first-order valence-corrected chi connectivity index (χ1v) is 6.32. The Labute approximate surface area is 113 Å². The van der Waals surface area contributed by atoms with Gasteiger partial charge >= 0.3 is 5.97 Å². The largest absolute Gasteiger partial charge is 0.465 e. The second kappa shape index (κ2) is 5.85. The zero-order valence-corrected chi connectivity index (χ0v) is 11.9. The highest BCUT2D eigenvalue weighted by Crippen LogP contribution is 2.28. The Morgan fingerprint density at radius 2 is 2.31 bits per heavy atom. The minimum Gasteiger partial charge on any atom is -0.465 e. The number of ether oxygens (including phenoxy) is 1. The van der Waals surface area contributed by atoms with Crippen molar-refractivity contribution in [2.45, 2.75) is 11.8 Å². The molecule has 1 aromatic rings. The lowest BCUT2D eigenvalue weighted by Crippen LogP contribution is -2.11. The fraction of sp³-hybridized carbons (Fsp3) is 0.333. The van der Waals surface area contributed by atoms with E-state index in [1.807, 2.05) is 22.6 Å². The maximum atomic E-state index is 12.7. The fourth-order valence-corrected chi connectivity index (χ4v) is 2.44. The van der Waals surface area contributed by atoms with Crippen LogP contribution >= 0.6 is 38.5 Å². The Morgan fingerprint density at radius 1 is 1.69 bits per heavy atom. The molecule has 1 rings (SSSR count). The van der Waals surface area contributed by atoms with Gasteiger partial charge in [0, 0.05) is 20.7 Å². The summed E-state index contributed by atoms with van der Waals surface area (Å²) in [7, 11) is 1.21. The Kier molecular flexibility index (Phi) is 5.03. The molecule has 0 saturated heterocycles. The standard InChI is InChI=1S/C9H7BrF2INO2/c1-16-9(15)6-4(2-10)7(8(11)12)14-3-5(6)13/h3,8H,2H2,1H3. The minimum atomic E-state index is -2.71. The quantitative estimate of drug-likeness (QED) is 0.440. The van der Waals surface area contributed by atoms with Gasteiger partial charge in [-0.2, -0.15) is 0 Å². The molecule has 1 heterocycles. The van der Waals surface area contributed by atoms with Crippen molar-refractivity contribution in [3.8, 4) is 0 Å². The Balaban J connectivity index is 3.44. The van der Waals surface area contributed by atoms with Crippen LogP contribution in [0.2, 0.25) is 0 Å². The predicted molar refractivity (Wildman–Crippen MR) is 65.9 cm³/mol. The molecule has 0 aliphatic carbocycles. The van der Waals surface area contributed by atoms with E-state index in [2.05, 4.69) is 25.7 Å². The molecular weight excluding hydrogens is 399 g/mol. The molecule has 88 valence electrons. The second-order valence-corrected chi connectivity index (χ2v) is 4.49. The summed E-state index contributed by atoms with van der Waals surface area (Å²) in [4.78, 5) is 15.1. The maximum Gasteiger partial charge on any atom is 0.339 e. The number of rotatable bonds is 3. The van der Waals surface area contributed by atoms with Gasteiger partial charge in [-0.1, -0.05) is 15.9 Å². The number of hydrogen-bond donors (Lipinski definition) is 0. The summed E-state index contributed by atoms with van der Waals surface area (Å²) >= 11 is 4.93. The molecule has 0 aliphatic heterocycles. The average molecular weight is 406 g/mol. The number of aromatic nitrogens is 1. The van der Waals surface area contributed by atoms with Crippen molar-refractivity contribution in [2.24, 2.45) is 0 Å². The molecule has 3 nitrogen and oxygen atoms in total. The van der Waals surface area contributed by atoms with E-state index in [-0.39, 0.29) is 16.5 Å². The van der Waals surface area contributed by atoms with Crippen molar-refractivity contribution in [3.63, 3.8) is 0 Å². The van der Waals surface area contributed by atoms with E-state index in [0.717, 1.165) is 0 Å². The third-order valence-corrected chi connectivity index (χ3v) is 3.28. The van der Waals surface area contributed by atoms with Crippen LogP contribution in [0.4, 0.5) is 8.78 Å². The van der Waals surface area contributed by atoms with Crippen LogP contribution in [0.5, 0.6) is 0 Å². The third-order valence-electron chi connectivity index (χ3n) is 1.90. The highest BCUT2D eigenvalue weighted by molar-refractivity contribution is 14.1. The molecular formula is C9H7BrF2INO2. The molecule has 0 aliphatic rings. The molecule has 1 aromatic heterocycles. The van der Waals surface area contributed by atoms with Crippen LogP contribution in [-0.4, -0.2) is 18.1 Å². The van der Waals surface area contributed by atoms with Gasteiger partial charge in [0.25, 0.3) is 6.43 Å². The molecule has 0 unspecified atom stereocenters. The monoisotopic (exact) mass is 405 g/mol. The SMILES string of the molecule is COC(=O)c1c(I)cnc(C(F)F)c1CBr. The number of carbonyl (C=O) groups is 1. The second-order valence-electron chi connectivity index (χ2n) is 2.77. The van der Waals surface area contributed by atoms with Gasteiger partial charge < -0.3 is 4.74 Å². The first-order valence-electron chi connectivity index (χ1n) is 4.12. The van der Waals surface area contributed by atoms with Gasteiger partial charge in [0.2, 0.25) is 0 Å². The lowest BCUT2D eigenvalue weighted by atomic mass is 10.1. The van der Waals surface area contributed by atoms with Gasteiger partial charge in [-0.3, -0.25) is 4.98 Å². The van der Waals surface area contributed by atoms with E-state index in [9.17, 15) is 13.6 Å². The molecule has 0 spiro atoms. The normalized spacial score (nSPS) is 10.6. The zero-order chi connectivity index (χ0) is 12.3. The molecule has 0 fully saturated rings. The molecule has 0 bridgehead atoms. The van der Waals surface area contributed by atoms with Crippen LogP contribution in [0, 0.1) is 3.57 Å². The van der Waals surface area contributed by atoms with Crippen molar-refractivity contribution in [3.05, 3.63) is 26.6 Å². The fourth-order valence-electron chi connectivity index (χ4n) is 1.19. The van der Waals surface area contributed by atoms with Gasteiger partial charge in [0.1, 0.15) is 5.69 Å². The molecule has 0 aromatic carbocycles. The summed E-state index contributed by atoms with van der Waals surface area (Å²) in [6.45, 7) is 0. The minimum absolute atomic E-state index is 0.126. The Morgan fingerprint density at radius 3 is 2.75 bits per heavy atom. The van der Waals surface area contributed by atoms with Crippen molar-refractivity contribution in [1.29, 1.82) is 0 Å². The number of halogens is 4. The van der Waals surface area contributed by atoms with E-state index in [1.165, 1.54) is 13.3 Å². The maximum absolute atomic E-state index is 12.7. The van der Waals surface area contributed by atoms with E-state index in [4.69, 9.17) is 0 Å². The van der Waals surface area contributed by atoms with Crippen molar-refractivity contribution < 1.29 is 18.3 Å². The number of carbonyl (C=O) groups excluding carboxylic acids is 1. The average Bonchev–Trinajstić information content (AvgIpc) is 2.26. The van der Waals surface area contributed by atoms with E-state index < -0.39 is 18.1 Å². The summed E-state index contributed by atoms with van der Waals surface area (Å²) < 4.78 is 30.4. The molecule has 0 amide bonds. The van der Waals surface area contributed by atoms with Crippen LogP contribution < -0.4 is 0 Å². The molecule has 16 heavy (non-hydrogen) atoms. The molecule has 0 saturated carbocycles. The molecule has 7 heteroatoms. The summed E-state index contributed by atoms with van der Waals surface area (Å²) in [6.07, 6.45) is -1.48.